The lowest BCUT2D eigenvalue weighted by molar-refractivity contribution is 0.450. The summed E-state index contributed by atoms with van der Waals surface area (Å²) >= 11 is 12.1. The van der Waals surface area contributed by atoms with Crippen molar-refractivity contribution in [3.8, 4) is 11.6 Å². The summed E-state index contributed by atoms with van der Waals surface area (Å²) in [6, 6.07) is 5.19. The van der Waals surface area contributed by atoms with Crippen LogP contribution in [0.5, 0.6) is 11.6 Å². The highest BCUT2D eigenvalue weighted by Gasteiger charge is 2.13. The predicted molar refractivity (Wildman–Crippen MR) is 81.8 cm³/mol. The standard InChI is InChI=1S/C14H15Cl2N3O/c1-7(2)10-6-12(18-19-14(10)16)20-13-8(3)4-9(17)5-11(13)15/h4-7H,17H2,1-3H3. The van der Waals surface area contributed by atoms with Crippen LogP contribution >= 0.6 is 23.2 Å². The highest BCUT2D eigenvalue weighted by Crippen LogP contribution is 2.35. The molecule has 0 unspecified atom stereocenters. The van der Waals surface area contributed by atoms with E-state index >= 15 is 0 Å². The molecule has 0 aliphatic heterocycles. The van der Waals surface area contributed by atoms with Gasteiger partial charge in [0.2, 0.25) is 5.88 Å². The molecule has 0 aliphatic rings. The second-order valence-corrected chi connectivity index (χ2v) is 5.60. The summed E-state index contributed by atoms with van der Waals surface area (Å²) in [5.41, 5.74) is 8.02. The maximum atomic E-state index is 6.14. The Kier molecular flexibility index (Phi) is 4.35. The number of aromatic nitrogens is 2. The van der Waals surface area contributed by atoms with Gasteiger partial charge in [-0.25, -0.2) is 0 Å². The molecule has 4 nitrogen and oxygen atoms in total. The van der Waals surface area contributed by atoms with Gasteiger partial charge < -0.3 is 10.5 Å². The first-order valence-corrected chi connectivity index (χ1v) is 6.90. The average molecular weight is 312 g/mol. The van der Waals surface area contributed by atoms with Crippen LogP contribution in [0.25, 0.3) is 0 Å². The molecule has 0 aliphatic carbocycles. The smallest absolute Gasteiger partial charge is 0.239 e. The third kappa shape index (κ3) is 3.14. The van der Waals surface area contributed by atoms with Gasteiger partial charge in [-0.05, 0) is 36.1 Å². The van der Waals surface area contributed by atoms with Crippen LogP contribution in [-0.2, 0) is 0 Å². The van der Waals surface area contributed by atoms with Crippen LogP contribution in [0.1, 0.15) is 30.9 Å². The van der Waals surface area contributed by atoms with Crippen LogP contribution in [0, 0.1) is 6.92 Å². The van der Waals surface area contributed by atoms with Crippen LogP contribution in [0.2, 0.25) is 10.2 Å². The van der Waals surface area contributed by atoms with Gasteiger partial charge in [-0.2, -0.15) is 0 Å². The predicted octanol–water partition coefficient (Wildman–Crippen LogP) is 4.59. The number of benzene rings is 1. The Hall–Kier alpha value is -1.52. The zero-order valence-electron chi connectivity index (χ0n) is 11.4. The minimum atomic E-state index is 0.225. The minimum Gasteiger partial charge on any atom is -0.436 e. The van der Waals surface area contributed by atoms with Crippen LogP contribution in [0.3, 0.4) is 0 Å². The molecule has 6 heteroatoms. The van der Waals surface area contributed by atoms with E-state index in [4.69, 9.17) is 33.7 Å². The number of hydrogen-bond acceptors (Lipinski definition) is 4. The van der Waals surface area contributed by atoms with E-state index in [1.165, 1.54) is 0 Å². The van der Waals surface area contributed by atoms with Crippen molar-refractivity contribution in [2.24, 2.45) is 0 Å². The molecule has 20 heavy (non-hydrogen) atoms. The van der Waals surface area contributed by atoms with Gasteiger partial charge in [0.15, 0.2) is 10.9 Å². The van der Waals surface area contributed by atoms with Gasteiger partial charge in [0.25, 0.3) is 0 Å². The lowest BCUT2D eigenvalue weighted by atomic mass is 10.1. The molecular weight excluding hydrogens is 297 g/mol. The Morgan fingerprint density at radius 1 is 1.15 bits per heavy atom. The number of rotatable bonds is 3. The molecule has 2 rings (SSSR count). The van der Waals surface area contributed by atoms with Crippen molar-refractivity contribution in [2.75, 3.05) is 5.73 Å². The van der Waals surface area contributed by atoms with Crippen molar-refractivity contribution in [3.63, 3.8) is 0 Å². The zero-order valence-corrected chi connectivity index (χ0v) is 13.0. The van der Waals surface area contributed by atoms with Crippen LogP contribution in [0.15, 0.2) is 18.2 Å². The largest absolute Gasteiger partial charge is 0.436 e. The fraction of sp³-hybridized carbons (Fsp3) is 0.286. The van der Waals surface area contributed by atoms with Gasteiger partial charge in [0, 0.05) is 11.8 Å². The number of nitrogens with zero attached hydrogens (tertiary/aromatic N) is 2. The number of ether oxygens (including phenoxy) is 1. The van der Waals surface area contributed by atoms with E-state index in [1.54, 1.807) is 18.2 Å². The van der Waals surface area contributed by atoms with E-state index in [0.717, 1.165) is 11.1 Å². The van der Waals surface area contributed by atoms with E-state index < -0.39 is 0 Å². The molecular formula is C14H15Cl2N3O. The number of hydrogen-bond donors (Lipinski definition) is 1. The van der Waals surface area contributed by atoms with Crippen LogP contribution in [-0.4, -0.2) is 10.2 Å². The molecule has 2 aromatic rings. The molecule has 1 heterocycles. The zero-order chi connectivity index (χ0) is 14.9. The molecule has 2 N–H and O–H groups in total. The van der Waals surface area contributed by atoms with Crippen molar-refractivity contribution in [1.82, 2.24) is 10.2 Å². The van der Waals surface area contributed by atoms with Crippen LogP contribution in [0.4, 0.5) is 5.69 Å². The molecule has 0 bridgehead atoms. The first-order chi connectivity index (χ1) is 9.38. The fourth-order valence-corrected chi connectivity index (χ4v) is 2.44. The first kappa shape index (κ1) is 14.9. The molecule has 0 saturated carbocycles. The monoisotopic (exact) mass is 311 g/mol. The molecule has 0 atom stereocenters. The molecule has 1 aromatic carbocycles. The summed E-state index contributed by atoms with van der Waals surface area (Å²) in [4.78, 5) is 0. The minimum absolute atomic E-state index is 0.225. The number of nitrogens with two attached hydrogens (primary N) is 1. The third-order valence-electron chi connectivity index (χ3n) is 2.83. The van der Waals surface area contributed by atoms with Gasteiger partial charge in [0.1, 0.15) is 0 Å². The Morgan fingerprint density at radius 2 is 1.85 bits per heavy atom. The molecule has 0 spiro atoms. The Labute approximate surface area is 127 Å². The Balaban J connectivity index is 2.38. The maximum Gasteiger partial charge on any atom is 0.239 e. The Bertz CT molecular complexity index is 621. The van der Waals surface area contributed by atoms with Crippen molar-refractivity contribution >= 4 is 28.9 Å². The summed E-state index contributed by atoms with van der Waals surface area (Å²) in [7, 11) is 0. The van der Waals surface area contributed by atoms with Gasteiger partial charge >= 0.3 is 0 Å². The maximum absolute atomic E-state index is 6.14. The van der Waals surface area contributed by atoms with Crippen LogP contribution < -0.4 is 10.5 Å². The molecule has 0 fully saturated rings. The van der Waals surface area contributed by atoms with Crippen molar-refractivity contribution < 1.29 is 4.74 Å². The van der Waals surface area contributed by atoms with Crippen molar-refractivity contribution in [3.05, 3.63) is 39.5 Å². The van der Waals surface area contributed by atoms with Gasteiger partial charge in [-0.15, -0.1) is 10.2 Å². The summed E-state index contributed by atoms with van der Waals surface area (Å²) in [6.07, 6.45) is 0. The third-order valence-corrected chi connectivity index (χ3v) is 3.41. The lowest BCUT2D eigenvalue weighted by Gasteiger charge is -2.12. The van der Waals surface area contributed by atoms with E-state index in [-0.39, 0.29) is 5.92 Å². The molecule has 0 radical (unpaired) electrons. The lowest BCUT2D eigenvalue weighted by Crippen LogP contribution is -1.99. The highest BCUT2D eigenvalue weighted by atomic mass is 35.5. The first-order valence-electron chi connectivity index (χ1n) is 6.15. The van der Waals surface area contributed by atoms with E-state index in [9.17, 15) is 0 Å². The van der Waals surface area contributed by atoms with Gasteiger partial charge in [0.05, 0.1) is 5.02 Å². The number of nitrogen functional groups attached to an aromatic ring is 1. The summed E-state index contributed by atoms with van der Waals surface area (Å²) in [6.45, 7) is 5.91. The molecule has 1 aromatic heterocycles. The van der Waals surface area contributed by atoms with Gasteiger partial charge in [-0.1, -0.05) is 37.0 Å². The normalized spacial score (nSPS) is 10.9. The quantitative estimate of drug-likeness (QED) is 0.842. The second-order valence-electron chi connectivity index (χ2n) is 4.83. The SMILES string of the molecule is Cc1cc(N)cc(Cl)c1Oc1cc(C(C)C)c(Cl)nn1. The summed E-state index contributed by atoms with van der Waals surface area (Å²) < 4.78 is 5.72. The van der Waals surface area contributed by atoms with Gasteiger partial charge in [-0.3, -0.25) is 0 Å². The van der Waals surface area contributed by atoms with Crippen molar-refractivity contribution in [2.45, 2.75) is 26.7 Å². The molecule has 0 saturated heterocycles. The molecule has 0 amide bonds. The molecule has 106 valence electrons. The highest BCUT2D eigenvalue weighted by molar-refractivity contribution is 6.32. The summed E-state index contributed by atoms with van der Waals surface area (Å²) in [5.74, 6) is 1.10. The van der Waals surface area contributed by atoms with Crippen molar-refractivity contribution in [1.29, 1.82) is 0 Å². The van der Waals surface area contributed by atoms with E-state index in [0.29, 0.717) is 27.5 Å². The number of halogens is 2. The number of anilines is 1. The second kappa shape index (κ2) is 5.85. The van der Waals surface area contributed by atoms with E-state index in [2.05, 4.69) is 10.2 Å². The number of aryl methyl sites for hydroxylation is 1. The summed E-state index contributed by atoms with van der Waals surface area (Å²) in [5, 5.41) is 8.64. The van der Waals surface area contributed by atoms with E-state index in [1.807, 2.05) is 20.8 Å². The average Bonchev–Trinajstić information content (AvgIpc) is 2.35. The Morgan fingerprint density at radius 3 is 2.45 bits per heavy atom. The fourth-order valence-electron chi connectivity index (χ4n) is 1.82. The topological polar surface area (TPSA) is 61.0 Å².